The van der Waals surface area contributed by atoms with Gasteiger partial charge in [0.15, 0.2) is 0 Å². The van der Waals surface area contributed by atoms with Crippen molar-refractivity contribution in [1.29, 1.82) is 0 Å². The highest BCUT2D eigenvalue weighted by Gasteiger charge is 2.02. The number of amides is 1. The molecule has 0 saturated heterocycles. The van der Waals surface area contributed by atoms with Crippen molar-refractivity contribution >= 4 is 11.9 Å². The van der Waals surface area contributed by atoms with E-state index >= 15 is 0 Å². The maximum Gasteiger partial charge on any atom is 0.303 e. The second-order valence-corrected chi connectivity index (χ2v) is 2.77. The fourth-order valence-electron chi connectivity index (χ4n) is 0.878. The van der Waals surface area contributed by atoms with Crippen LogP contribution in [0.4, 0.5) is 0 Å². The molecule has 0 aromatic carbocycles. The molecule has 1 amide bonds. The van der Waals surface area contributed by atoms with Crippen LogP contribution in [-0.2, 0) is 9.59 Å². The molecule has 0 aromatic rings. The van der Waals surface area contributed by atoms with Gasteiger partial charge >= 0.3 is 5.97 Å². The molecule has 0 aliphatic rings. The molecule has 0 bridgehead atoms. The van der Waals surface area contributed by atoms with Crippen LogP contribution >= 0.6 is 0 Å². The van der Waals surface area contributed by atoms with Crippen molar-refractivity contribution < 1.29 is 14.7 Å². The summed E-state index contributed by atoms with van der Waals surface area (Å²) in [5, 5.41) is 11.0. The van der Waals surface area contributed by atoms with Gasteiger partial charge in [-0.25, -0.2) is 0 Å². The molecule has 4 heteroatoms. The number of hydrogen-bond donors (Lipinski definition) is 2. The first-order valence-corrected chi connectivity index (χ1v) is 4.55. The summed E-state index contributed by atoms with van der Waals surface area (Å²) in [6.07, 6.45) is 1.34. The third-order valence-corrected chi connectivity index (χ3v) is 1.54. The number of aliphatic carboxylic acids is 1. The predicted molar refractivity (Wildman–Crippen MR) is 52.6 cm³/mol. The van der Waals surface area contributed by atoms with E-state index in [1.807, 2.05) is 0 Å². The van der Waals surface area contributed by atoms with Crippen LogP contribution in [0.3, 0.4) is 0 Å². The summed E-state index contributed by atoms with van der Waals surface area (Å²) in [5.41, 5.74) is 0. The Bertz CT molecular complexity index is 250. The van der Waals surface area contributed by atoms with Crippen LogP contribution in [-0.4, -0.2) is 23.5 Å². The molecular weight excluding hydrogens is 182 g/mol. The molecule has 0 aromatic heterocycles. The number of carbonyl (C=O) groups is 2. The van der Waals surface area contributed by atoms with Crippen molar-refractivity contribution in [3.63, 3.8) is 0 Å². The van der Waals surface area contributed by atoms with Crippen LogP contribution in [0.2, 0.25) is 0 Å². The number of carboxylic acid groups (broad SMARTS) is 1. The lowest BCUT2D eigenvalue weighted by Gasteiger charge is -2.00. The van der Waals surface area contributed by atoms with E-state index in [1.54, 1.807) is 6.92 Å². The van der Waals surface area contributed by atoms with Crippen molar-refractivity contribution in [1.82, 2.24) is 5.32 Å². The molecule has 78 valence electrons. The van der Waals surface area contributed by atoms with Crippen LogP contribution < -0.4 is 5.32 Å². The van der Waals surface area contributed by atoms with Gasteiger partial charge in [-0.2, -0.15) is 0 Å². The molecule has 0 heterocycles. The van der Waals surface area contributed by atoms with Crippen molar-refractivity contribution in [2.45, 2.75) is 32.6 Å². The van der Waals surface area contributed by atoms with Crippen LogP contribution in [0.5, 0.6) is 0 Å². The summed E-state index contributed by atoms with van der Waals surface area (Å²) >= 11 is 0. The largest absolute Gasteiger partial charge is 0.481 e. The van der Waals surface area contributed by atoms with Crippen LogP contribution in [0.15, 0.2) is 0 Å². The Hall–Kier alpha value is -1.50. The molecule has 2 N–H and O–H groups in total. The Kier molecular flexibility index (Phi) is 7.24. The van der Waals surface area contributed by atoms with Gasteiger partial charge in [0, 0.05) is 25.8 Å². The normalized spacial score (nSPS) is 8.64. The zero-order valence-corrected chi connectivity index (χ0v) is 8.30. The van der Waals surface area contributed by atoms with Crippen molar-refractivity contribution in [3.05, 3.63) is 0 Å². The first-order valence-electron chi connectivity index (χ1n) is 4.55. The number of hydrogen-bond acceptors (Lipinski definition) is 2. The standard InChI is InChI=1S/C10H15NO3/c1-2-3-4-8-11-9(12)6-5-7-10(13)14/h4-8H2,1H3,(H,11,12)(H,13,14). The minimum atomic E-state index is -0.866. The average Bonchev–Trinajstić information content (AvgIpc) is 2.12. The molecular formula is C10H15NO3. The van der Waals surface area contributed by atoms with Gasteiger partial charge in [-0.3, -0.25) is 9.59 Å². The van der Waals surface area contributed by atoms with Crippen molar-refractivity contribution in [2.75, 3.05) is 6.54 Å². The summed E-state index contributed by atoms with van der Waals surface area (Å²) in [7, 11) is 0. The molecule has 0 rings (SSSR count). The maximum absolute atomic E-state index is 11.0. The van der Waals surface area contributed by atoms with Crippen molar-refractivity contribution in [3.8, 4) is 11.8 Å². The SMILES string of the molecule is CC#CCCNC(=O)CCCC(=O)O. The summed E-state index contributed by atoms with van der Waals surface area (Å²) in [5.74, 6) is 4.57. The first kappa shape index (κ1) is 12.5. The monoisotopic (exact) mass is 197 g/mol. The third kappa shape index (κ3) is 8.60. The van der Waals surface area contributed by atoms with Crippen LogP contribution in [0.25, 0.3) is 0 Å². The van der Waals surface area contributed by atoms with E-state index in [2.05, 4.69) is 17.2 Å². The number of carboxylic acids is 1. The maximum atomic E-state index is 11.0. The van der Waals surface area contributed by atoms with Gasteiger partial charge in [-0.15, -0.1) is 11.8 Å². The first-order chi connectivity index (χ1) is 6.66. The molecule has 0 fully saturated rings. The highest BCUT2D eigenvalue weighted by atomic mass is 16.4. The van der Waals surface area contributed by atoms with E-state index in [0.717, 1.165) is 0 Å². The second kappa shape index (κ2) is 8.11. The summed E-state index contributed by atoms with van der Waals surface area (Å²) in [6, 6.07) is 0. The fourth-order valence-corrected chi connectivity index (χ4v) is 0.878. The lowest BCUT2D eigenvalue weighted by molar-refractivity contribution is -0.137. The lowest BCUT2D eigenvalue weighted by atomic mass is 10.2. The van der Waals surface area contributed by atoms with E-state index in [1.165, 1.54) is 0 Å². The van der Waals surface area contributed by atoms with Gasteiger partial charge in [-0.1, -0.05) is 0 Å². The molecule has 0 unspecified atom stereocenters. The van der Waals surface area contributed by atoms with Gasteiger partial charge in [0.1, 0.15) is 0 Å². The number of nitrogens with one attached hydrogen (secondary N) is 1. The van der Waals surface area contributed by atoms with E-state index in [4.69, 9.17) is 5.11 Å². The minimum absolute atomic E-state index is 0.0438. The summed E-state index contributed by atoms with van der Waals surface area (Å²) < 4.78 is 0. The Morgan fingerprint density at radius 2 is 2.07 bits per heavy atom. The Labute approximate surface area is 83.7 Å². The topological polar surface area (TPSA) is 66.4 Å². The molecule has 0 aliphatic carbocycles. The van der Waals surface area contributed by atoms with E-state index in [0.29, 0.717) is 19.4 Å². The van der Waals surface area contributed by atoms with Crippen molar-refractivity contribution in [2.24, 2.45) is 0 Å². The molecule has 0 atom stereocenters. The molecule has 0 radical (unpaired) electrons. The zero-order chi connectivity index (χ0) is 10.8. The summed E-state index contributed by atoms with van der Waals surface area (Å²) in [4.78, 5) is 21.2. The quantitative estimate of drug-likeness (QED) is 0.488. The van der Waals surface area contributed by atoms with Gasteiger partial charge in [-0.05, 0) is 13.3 Å². The van der Waals surface area contributed by atoms with Gasteiger partial charge in [0.25, 0.3) is 0 Å². The molecule has 14 heavy (non-hydrogen) atoms. The Morgan fingerprint density at radius 3 is 2.64 bits per heavy atom. The number of carbonyl (C=O) groups excluding carboxylic acids is 1. The van der Waals surface area contributed by atoms with Crippen LogP contribution in [0.1, 0.15) is 32.6 Å². The Morgan fingerprint density at radius 1 is 1.36 bits per heavy atom. The van der Waals surface area contributed by atoms with Gasteiger partial charge < -0.3 is 10.4 Å². The third-order valence-electron chi connectivity index (χ3n) is 1.54. The highest BCUT2D eigenvalue weighted by molar-refractivity contribution is 5.76. The summed E-state index contributed by atoms with van der Waals surface area (Å²) in [6.45, 7) is 2.28. The molecule has 0 aliphatic heterocycles. The lowest BCUT2D eigenvalue weighted by Crippen LogP contribution is -2.23. The minimum Gasteiger partial charge on any atom is -0.481 e. The van der Waals surface area contributed by atoms with Crippen LogP contribution in [0, 0.1) is 11.8 Å². The second-order valence-electron chi connectivity index (χ2n) is 2.77. The smallest absolute Gasteiger partial charge is 0.303 e. The Balaban J connectivity index is 3.35. The molecule has 4 nitrogen and oxygen atoms in total. The molecule has 0 saturated carbocycles. The fraction of sp³-hybridized carbons (Fsp3) is 0.600. The van der Waals surface area contributed by atoms with Gasteiger partial charge in [0.05, 0.1) is 0 Å². The predicted octanol–water partition coefficient (Wildman–Crippen LogP) is 0.771. The average molecular weight is 197 g/mol. The zero-order valence-electron chi connectivity index (χ0n) is 8.30. The van der Waals surface area contributed by atoms with Gasteiger partial charge in [0.2, 0.25) is 5.91 Å². The number of rotatable bonds is 6. The molecule has 0 spiro atoms. The highest BCUT2D eigenvalue weighted by Crippen LogP contribution is 1.94. The van der Waals surface area contributed by atoms with E-state index in [-0.39, 0.29) is 18.7 Å². The van der Waals surface area contributed by atoms with E-state index in [9.17, 15) is 9.59 Å². The van der Waals surface area contributed by atoms with E-state index < -0.39 is 5.97 Å².